The predicted molar refractivity (Wildman–Crippen MR) is 72.1 cm³/mol. The van der Waals surface area contributed by atoms with Crippen LogP contribution in [0, 0.1) is 18.6 Å². The molecule has 0 aliphatic carbocycles. The molecule has 2 aromatic rings. The largest absolute Gasteiger partial charge is 0.377 e. The number of hydrogen-bond acceptors (Lipinski definition) is 4. The van der Waals surface area contributed by atoms with Crippen LogP contribution in [0.25, 0.3) is 0 Å². The Labute approximate surface area is 119 Å². The second-order valence-electron chi connectivity index (χ2n) is 4.13. The SMILES string of the molecule is COCc1nc(Cl)cc(Nc2cc(F)c(C)cc2F)n1. The van der Waals surface area contributed by atoms with Crippen molar-refractivity contribution in [3.8, 4) is 0 Å². The molecule has 0 spiro atoms. The van der Waals surface area contributed by atoms with Gasteiger partial charge in [0.1, 0.15) is 29.2 Å². The molecule has 1 N–H and O–H groups in total. The van der Waals surface area contributed by atoms with E-state index in [9.17, 15) is 8.78 Å². The number of halogens is 3. The van der Waals surface area contributed by atoms with Gasteiger partial charge in [-0.25, -0.2) is 18.7 Å². The first-order valence-electron chi connectivity index (χ1n) is 5.74. The van der Waals surface area contributed by atoms with Crippen LogP contribution in [-0.2, 0) is 11.3 Å². The molecule has 0 atom stereocenters. The third kappa shape index (κ3) is 3.40. The number of methoxy groups -OCH3 is 1. The van der Waals surface area contributed by atoms with Gasteiger partial charge in [0.15, 0.2) is 5.82 Å². The highest BCUT2D eigenvalue weighted by Gasteiger charge is 2.10. The summed E-state index contributed by atoms with van der Waals surface area (Å²) in [6.45, 7) is 1.65. The first-order valence-corrected chi connectivity index (χ1v) is 6.12. The van der Waals surface area contributed by atoms with Crippen molar-refractivity contribution in [2.75, 3.05) is 12.4 Å². The van der Waals surface area contributed by atoms with E-state index in [1.165, 1.54) is 20.1 Å². The molecule has 0 amide bonds. The standard InChI is InChI=1S/C13H12ClF2N3O/c1-7-3-9(16)10(4-8(7)15)17-12-5-11(14)18-13(19-12)6-20-2/h3-5H,6H2,1-2H3,(H,17,18,19). The minimum absolute atomic E-state index is 0.0220. The van der Waals surface area contributed by atoms with Crippen LogP contribution in [0.1, 0.15) is 11.4 Å². The van der Waals surface area contributed by atoms with Crippen LogP contribution in [-0.4, -0.2) is 17.1 Å². The molecule has 0 aliphatic heterocycles. The molecule has 1 aromatic heterocycles. The molecule has 20 heavy (non-hydrogen) atoms. The predicted octanol–water partition coefficient (Wildman–Crippen LogP) is 3.61. The third-order valence-corrected chi connectivity index (χ3v) is 2.72. The number of aromatic nitrogens is 2. The Hall–Kier alpha value is -1.79. The maximum Gasteiger partial charge on any atom is 0.158 e. The van der Waals surface area contributed by atoms with Crippen molar-refractivity contribution in [2.24, 2.45) is 0 Å². The summed E-state index contributed by atoms with van der Waals surface area (Å²) in [4.78, 5) is 8.03. The molecule has 1 aromatic carbocycles. The van der Waals surface area contributed by atoms with Crippen LogP contribution >= 0.6 is 11.6 Å². The summed E-state index contributed by atoms with van der Waals surface area (Å²) in [6, 6.07) is 3.59. The van der Waals surface area contributed by atoms with E-state index in [0.29, 0.717) is 5.82 Å². The summed E-state index contributed by atoms with van der Waals surface area (Å²) in [5, 5.41) is 2.86. The molecule has 0 saturated heterocycles. The second kappa shape index (κ2) is 6.11. The molecular formula is C13H12ClF2N3O. The van der Waals surface area contributed by atoms with Crippen molar-refractivity contribution >= 4 is 23.1 Å². The van der Waals surface area contributed by atoms with Crippen molar-refractivity contribution in [1.82, 2.24) is 9.97 Å². The zero-order valence-corrected chi connectivity index (χ0v) is 11.6. The Kier molecular flexibility index (Phi) is 4.46. The Morgan fingerprint density at radius 2 is 1.95 bits per heavy atom. The fourth-order valence-electron chi connectivity index (χ4n) is 1.60. The Bertz CT molecular complexity index is 637. The number of benzene rings is 1. The van der Waals surface area contributed by atoms with Crippen LogP contribution < -0.4 is 5.32 Å². The average molecular weight is 300 g/mol. The van der Waals surface area contributed by atoms with Crippen molar-refractivity contribution in [3.05, 3.63) is 46.4 Å². The van der Waals surface area contributed by atoms with Gasteiger partial charge in [0, 0.05) is 19.2 Å². The van der Waals surface area contributed by atoms with Crippen molar-refractivity contribution in [3.63, 3.8) is 0 Å². The number of nitrogens with one attached hydrogen (secondary N) is 1. The lowest BCUT2D eigenvalue weighted by atomic mass is 10.2. The topological polar surface area (TPSA) is 47.0 Å². The van der Waals surface area contributed by atoms with E-state index in [2.05, 4.69) is 15.3 Å². The summed E-state index contributed by atoms with van der Waals surface area (Å²) >= 11 is 5.83. The highest BCUT2D eigenvalue weighted by Crippen LogP contribution is 2.23. The molecule has 0 fully saturated rings. The quantitative estimate of drug-likeness (QED) is 0.876. The van der Waals surface area contributed by atoms with Gasteiger partial charge in [-0.05, 0) is 18.6 Å². The van der Waals surface area contributed by atoms with E-state index >= 15 is 0 Å². The fourth-order valence-corrected chi connectivity index (χ4v) is 1.80. The summed E-state index contributed by atoms with van der Waals surface area (Å²) < 4.78 is 32.1. The molecule has 0 unspecified atom stereocenters. The lowest BCUT2D eigenvalue weighted by Crippen LogP contribution is -2.03. The fraction of sp³-hybridized carbons (Fsp3) is 0.231. The highest BCUT2D eigenvalue weighted by molar-refractivity contribution is 6.29. The second-order valence-corrected chi connectivity index (χ2v) is 4.52. The molecule has 1 heterocycles. The van der Waals surface area contributed by atoms with Crippen LogP contribution in [0.15, 0.2) is 18.2 Å². The molecule has 0 aliphatic rings. The van der Waals surface area contributed by atoms with Gasteiger partial charge in [-0.1, -0.05) is 11.6 Å². The van der Waals surface area contributed by atoms with Crippen LogP contribution in [0.5, 0.6) is 0 Å². The Morgan fingerprint density at radius 3 is 2.65 bits per heavy atom. The van der Waals surface area contributed by atoms with E-state index in [1.807, 2.05) is 0 Å². The van der Waals surface area contributed by atoms with Gasteiger partial charge in [0.05, 0.1) is 5.69 Å². The Balaban J connectivity index is 2.32. The number of hydrogen-bond donors (Lipinski definition) is 1. The van der Waals surface area contributed by atoms with E-state index < -0.39 is 11.6 Å². The maximum atomic E-state index is 13.7. The van der Waals surface area contributed by atoms with Crippen molar-refractivity contribution in [1.29, 1.82) is 0 Å². The number of aryl methyl sites for hydroxylation is 1. The number of ether oxygens (including phenoxy) is 1. The normalized spacial score (nSPS) is 10.7. The van der Waals surface area contributed by atoms with Gasteiger partial charge in [0.25, 0.3) is 0 Å². The van der Waals surface area contributed by atoms with Gasteiger partial charge < -0.3 is 10.1 Å². The maximum absolute atomic E-state index is 13.7. The monoisotopic (exact) mass is 299 g/mol. The van der Waals surface area contributed by atoms with E-state index in [-0.39, 0.29) is 28.8 Å². The zero-order chi connectivity index (χ0) is 14.7. The van der Waals surface area contributed by atoms with Gasteiger partial charge in [0.2, 0.25) is 0 Å². The zero-order valence-electron chi connectivity index (χ0n) is 10.9. The van der Waals surface area contributed by atoms with Crippen LogP contribution in [0.3, 0.4) is 0 Å². The molecule has 2 rings (SSSR count). The number of rotatable bonds is 4. The minimum Gasteiger partial charge on any atom is -0.377 e. The van der Waals surface area contributed by atoms with Gasteiger partial charge in [-0.15, -0.1) is 0 Å². The Morgan fingerprint density at radius 1 is 1.20 bits per heavy atom. The molecule has 4 nitrogen and oxygen atoms in total. The minimum atomic E-state index is -0.577. The molecule has 106 valence electrons. The summed E-state index contributed by atoms with van der Waals surface area (Å²) in [5.41, 5.74) is 0.208. The molecule has 7 heteroatoms. The van der Waals surface area contributed by atoms with Crippen LogP contribution in [0.4, 0.5) is 20.3 Å². The van der Waals surface area contributed by atoms with Crippen molar-refractivity contribution < 1.29 is 13.5 Å². The lowest BCUT2D eigenvalue weighted by molar-refractivity contribution is 0.178. The average Bonchev–Trinajstić information content (AvgIpc) is 2.35. The molecule has 0 saturated carbocycles. The smallest absolute Gasteiger partial charge is 0.158 e. The molecule has 0 bridgehead atoms. The van der Waals surface area contributed by atoms with E-state index in [0.717, 1.165) is 12.1 Å². The first kappa shape index (κ1) is 14.6. The van der Waals surface area contributed by atoms with E-state index in [4.69, 9.17) is 16.3 Å². The summed E-state index contributed by atoms with van der Waals surface area (Å²) in [6.07, 6.45) is 0. The highest BCUT2D eigenvalue weighted by atomic mass is 35.5. The molecular weight excluding hydrogens is 288 g/mol. The number of anilines is 2. The number of nitrogens with zero attached hydrogens (tertiary/aromatic N) is 2. The van der Waals surface area contributed by atoms with Gasteiger partial charge in [-0.3, -0.25) is 0 Å². The summed E-state index contributed by atoms with van der Waals surface area (Å²) in [5.74, 6) is -0.479. The van der Waals surface area contributed by atoms with Crippen LogP contribution in [0.2, 0.25) is 5.15 Å². The lowest BCUT2D eigenvalue weighted by Gasteiger charge is -2.09. The van der Waals surface area contributed by atoms with Gasteiger partial charge >= 0.3 is 0 Å². The summed E-state index contributed by atoms with van der Waals surface area (Å²) in [7, 11) is 1.49. The van der Waals surface area contributed by atoms with E-state index in [1.54, 1.807) is 0 Å². The molecule has 0 radical (unpaired) electrons. The first-order chi connectivity index (χ1) is 9.49. The van der Waals surface area contributed by atoms with Gasteiger partial charge in [-0.2, -0.15) is 0 Å². The third-order valence-electron chi connectivity index (χ3n) is 2.53. The van der Waals surface area contributed by atoms with Crippen molar-refractivity contribution in [2.45, 2.75) is 13.5 Å².